The van der Waals surface area contributed by atoms with Crippen molar-refractivity contribution >= 4 is 39.8 Å². The van der Waals surface area contributed by atoms with Crippen molar-refractivity contribution in [2.24, 2.45) is 10.3 Å². The molecular weight excluding hydrogens is 227 g/mol. The number of halogens is 2. The molecule has 4 N–H and O–H groups in total. The minimum absolute atomic E-state index is 3.69. The molecule has 0 aromatic rings. The van der Waals surface area contributed by atoms with Crippen molar-refractivity contribution in [1.82, 2.24) is 0 Å². The largest absolute Gasteiger partial charge is 0.294 e. The van der Waals surface area contributed by atoms with Crippen LogP contribution in [0.2, 0.25) is 0 Å². The molecule has 0 aliphatic carbocycles. The lowest BCUT2D eigenvalue weighted by atomic mass is 13.9. The van der Waals surface area contributed by atoms with Gasteiger partial charge in [0, 0.05) is 21.4 Å². The van der Waals surface area contributed by atoms with Crippen LogP contribution in [0.15, 0.2) is 0 Å². The van der Waals surface area contributed by atoms with Gasteiger partial charge in [0.05, 0.1) is 0 Å². The molecule has 0 aliphatic heterocycles. The van der Waals surface area contributed by atoms with E-state index < -0.39 is 18.5 Å². The molecule has 0 bridgehead atoms. The minimum atomic E-state index is -3.69. The summed E-state index contributed by atoms with van der Waals surface area (Å²) in [5.41, 5.74) is 0. The molecule has 0 aromatic heterocycles. The van der Waals surface area contributed by atoms with Gasteiger partial charge >= 0.3 is 0 Å². The molecule has 0 unspecified atom stereocenters. The molecule has 0 atom stereocenters. The van der Waals surface area contributed by atoms with Gasteiger partial charge in [0.1, 0.15) is 0 Å². The van der Waals surface area contributed by atoms with Gasteiger partial charge in [-0.2, -0.15) is 16.8 Å². The summed E-state index contributed by atoms with van der Waals surface area (Å²) in [5.74, 6) is 0. The van der Waals surface area contributed by atoms with E-state index in [-0.39, 0.29) is 0 Å². The van der Waals surface area contributed by atoms with E-state index in [9.17, 15) is 16.8 Å². The predicted octanol–water partition coefficient (Wildman–Crippen LogP) is -1.14. The fourth-order valence-corrected chi connectivity index (χ4v) is 0. The summed E-state index contributed by atoms with van der Waals surface area (Å²) < 4.78 is 36.7. The molecule has 0 saturated heterocycles. The van der Waals surface area contributed by atoms with Crippen molar-refractivity contribution in [1.29, 1.82) is 0 Å². The normalized spacial score (nSPS) is 11.6. The highest BCUT2D eigenvalue weighted by atomic mass is 35.7. The van der Waals surface area contributed by atoms with Crippen molar-refractivity contribution in [3.63, 3.8) is 0 Å². The van der Waals surface area contributed by atoms with Crippen LogP contribution < -0.4 is 10.3 Å². The van der Waals surface area contributed by atoms with Crippen LogP contribution in [0, 0.1) is 0 Å². The van der Waals surface area contributed by atoms with Crippen LogP contribution in [-0.4, -0.2) is 16.8 Å². The van der Waals surface area contributed by atoms with Crippen LogP contribution in [0.3, 0.4) is 0 Å². The first-order chi connectivity index (χ1) is 4.00. The molecule has 10 heteroatoms. The number of hydrogen-bond acceptors (Lipinski definition) is 4. The van der Waals surface area contributed by atoms with Crippen LogP contribution in [0.1, 0.15) is 0 Å². The van der Waals surface area contributed by atoms with Gasteiger partial charge in [0.25, 0.3) is 18.5 Å². The van der Waals surface area contributed by atoms with E-state index in [1.165, 1.54) is 0 Å². The van der Waals surface area contributed by atoms with Gasteiger partial charge in [-0.05, 0) is 0 Å². The first kappa shape index (κ1) is 13.0. The van der Waals surface area contributed by atoms with E-state index in [4.69, 9.17) is 0 Å². The number of rotatable bonds is 0. The van der Waals surface area contributed by atoms with E-state index in [1.807, 2.05) is 0 Å². The molecule has 0 saturated carbocycles. The summed E-state index contributed by atoms with van der Waals surface area (Å²) in [6.45, 7) is 0. The Balaban J connectivity index is 0. The van der Waals surface area contributed by atoms with E-state index in [1.54, 1.807) is 0 Å². The highest BCUT2D eigenvalue weighted by Gasteiger charge is 1.84. The van der Waals surface area contributed by atoms with Gasteiger partial charge in [0.15, 0.2) is 0 Å². The Bertz CT molecular complexity index is 216. The van der Waals surface area contributed by atoms with Gasteiger partial charge in [-0.3, -0.25) is 0 Å². The molecule has 0 aromatic carbocycles. The van der Waals surface area contributed by atoms with Crippen molar-refractivity contribution in [3.8, 4) is 0 Å². The first-order valence-electron chi connectivity index (χ1n) is 1.45. The molecule has 10 heavy (non-hydrogen) atoms. The van der Waals surface area contributed by atoms with Crippen LogP contribution in [0.25, 0.3) is 0 Å². The van der Waals surface area contributed by atoms with Crippen molar-refractivity contribution in [3.05, 3.63) is 0 Å². The zero-order valence-corrected chi connectivity index (χ0v) is 7.50. The summed E-state index contributed by atoms with van der Waals surface area (Å²) >= 11 is 0. The Morgan fingerprint density at radius 3 is 0.800 bits per heavy atom. The van der Waals surface area contributed by atoms with E-state index in [2.05, 4.69) is 31.6 Å². The standard InChI is InChI=1S/2ClH2NO2S/c2*1-5(2,3)4/h2*(H2,2,3,4). The van der Waals surface area contributed by atoms with Gasteiger partial charge < -0.3 is 0 Å². The Kier molecular flexibility index (Phi) is 5.62. The van der Waals surface area contributed by atoms with E-state index in [0.29, 0.717) is 0 Å². The summed E-state index contributed by atoms with van der Waals surface area (Å²) in [6, 6.07) is 0. The third-order valence-corrected chi connectivity index (χ3v) is 0. The maximum Gasteiger partial charge on any atom is 0.294 e. The van der Waals surface area contributed by atoms with Crippen LogP contribution in [-0.2, 0) is 18.5 Å². The monoisotopic (exact) mass is 230 g/mol. The van der Waals surface area contributed by atoms with E-state index in [0.717, 1.165) is 0 Å². The lowest BCUT2D eigenvalue weighted by Gasteiger charge is -1.66. The second-order valence-corrected chi connectivity index (χ2v) is 5.43. The van der Waals surface area contributed by atoms with Gasteiger partial charge in [0.2, 0.25) is 0 Å². The SMILES string of the molecule is NS(=O)(=O)Cl.NS(=O)(=O)Cl. The van der Waals surface area contributed by atoms with Crippen LogP contribution >= 0.6 is 21.4 Å². The van der Waals surface area contributed by atoms with Gasteiger partial charge in [-0.15, -0.1) is 0 Å². The zero-order valence-electron chi connectivity index (χ0n) is 4.36. The average Bonchev–Trinajstić information content (AvgIpc) is 1.12. The third-order valence-electron chi connectivity index (χ3n) is 0. The lowest BCUT2D eigenvalue weighted by molar-refractivity contribution is 0.609. The molecule has 6 nitrogen and oxygen atoms in total. The second kappa shape index (κ2) is 4.31. The zero-order chi connectivity index (χ0) is 9.00. The summed E-state index contributed by atoms with van der Waals surface area (Å²) in [6.07, 6.45) is 0. The predicted molar refractivity (Wildman–Crippen MR) is 37.9 cm³/mol. The molecular formula is H4Cl2N2O4S2. The fraction of sp³-hybridized carbons (Fsp3) is 0. The molecule has 0 fully saturated rings. The van der Waals surface area contributed by atoms with Crippen molar-refractivity contribution in [2.45, 2.75) is 0 Å². The Morgan fingerprint density at radius 2 is 0.800 bits per heavy atom. The minimum Gasteiger partial charge on any atom is -0.215 e. The van der Waals surface area contributed by atoms with Crippen molar-refractivity contribution in [2.75, 3.05) is 0 Å². The third kappa shape index (κ3) is 2870. The van der Waals surface area contributed by atoms with Crippen molar-refractivity contribution < 1.29 is 16.8 Å². The maximum absolute atomic E-state index is 9.18. The molecule has 0 aliphatic rings. The molecule has 0 heterocycles. The molecule has 0 spiro atoms. The van der Waals surface area contributed by atoms with Gasteiger partial charge in [-0.1, -0.05) is 0 Å². The van der Waals surface area contributed by atoms with Gasteiger partial charge in [-0.25, -0.2) is 10.3 Å². The van der Waals surface area contributed by atoms with Crippen LogP contribution in [0.5, 0.6) is 0 Å². The second-order valence-electron chi connectivity index (χ2n) is 0.951. The Morgan fingerprint density at radius 1 is 0.800 bits per heavy atom. The fourth-order valence-electron chi connectivity index (χ4n) is 0. The number of nitrogens with two attached hydrogens (primary N) is 2. The quantitative estimate of drug-likeness (QED) is 0.511. The highest BCUT2D eigenvalue weighted by molar-refractivity contribution is 8.12. The highest BCUT2D eigenvalue weighted by Crippen LogP contribution is 1.77. The summed E-state index contributed by atoms with van der Waals surface area (Å²) in [5, 5.41) is 8.18. The maximum atomic E-state index is 9.18. The number of hydrogen-bond donors (Lipinski definition) is 2. The smallest absolute Gasteiger partial charge is 0.215 e. The molecule has 0 amide bonds. The molecule has 0 rings (SSSR count). The van der Waals surface area contributed by atoms with Crippen LogP contribution in [0.4, 0.5) is 0 Å². The topological polar surface area (TPSA) is 120 Å². The van der Waals surface area contributed by atoms with E-state index >= 15 is 0 Å². The summed E-state index contributed by atoms with van der Waals surface area (Å²) in [7, 11) is 1.17. The Labute approximate surface area is 67.2 Å². The average molecular weight is 231 g/mol. The Hall–Kier alpha value is 0.400. The summed E-state index contributed by atoms with van der Waals surface area (Å²) in [4.78, 5) is 0. The first-order valence-corrected chi connectivity index (χ1v) is 6.19. The molecule has 64 valence electrons. The molecule has 0 radical (unpaired) electrons. The lowest BCUT2D eigenvalue weighted by Crippen LogP contribution is -2.00.